The van der Waals surface area contributed by atoms with E-state index >= 15 is 0 Å². The lowest BCUT2D eigenvalue weighted by molar-refractivity contribution is 0.0714. The normalized spacial score (nSPS) is 13.6. The molecule has 1 fully saturated rings. The number of hydrogen-bond acceptors (Lipinski definition) is 4. The van der Waals surface area contributed by atoms with Crippen LogP contribution in [0.25, 0.3) is 22.2 Å². The van der Waals surface area contributed by atoms with E-state index in [2.05, 4.69) is 26.1 Å². The van der Waals surface area contributed by atoms with Crippen molar-refractivity contribution < 1.29 is 9.21 Å². The van der Waals surface area contributed by atoms with E-state index < -0.39 is 0 Å². The highest BCUT2D eigenvalue weighted by atomic mass is 79.9. The predicted octanol–water partition coefficient (Wildman–Crippen LogP) is 5.46. The zero-order chi connectivity index (χ0) is 19.8. The highest BCUT2D eigenvalue weighted by molar-refractivity contribution is 9.10. The van der Waals surface area contributed by atoms with Gasteiger partial charge in [0.05, 0.1) is 12.1 Å². The minimum atomic E-state index is -0.00102. The Hall–Kier alpha value is -2.99. The largest absolute Gasteiger partial charge is 0.419 e. The number of fused-ring (bicyclic) bond motifs is 1. The van der Waals surface area contributed by atoms with Crippen LogP contribution >= 0.6 is 15.9 Å². The molecule has 0 spiro atoms. The van der Waals surface area contributed by atoms with Gasteiger partial charge in [-0.25, -0.2) is 0 Å². The van der Waals surface area contributed by atoms with Gasteiger partial charge in [0.1, 0.15) is 0 Å². The molecule has 0 saturated heterocycles. The van der Waals surface area contributed by atoms with Crippen molar-refractivity contribution in [2.24, 2.45) is 0 Å². The van der Waals surface area contributed by atoms with Crippen molar-refractivity contribution in [3.63, 3.8) is 0 Å². The number of carbonyl (C=O) groups excluding carboxylic acids is 1. The Morgan fingerprint density at radius 2 is 1.76 bits per heavy atom. The van der Waals surface area contributed by atoms with Gasteiger partial charge < -0.3 is 9.32 Å². The molecule has 0 N–H and O–H groups in total. The number of aromatic nitrogens is 2. The van der Waals surface area contributed by atoms with Gasteiger partial charge in [-0.05, 0) is 63.8 Å². The average Bonchev–Trinajstić information content (AvgIpc) is 3.49. The zero-order valence-corrected chi connectivity index (χ0v) is 17.2. The first-order valence-corrected chi connectivity index (χ1v) is 10.4. The van der Waals surface area contributed by atoms with Crippen molar-refractivity contribution in [3.8, 4) is 11.5 Å². The zero-order valence-electron chi connectivity index (χ0n) is 15.6. The smallest absolute Gasteiger partial charge is 0.254 e. The third kappa shape index (κ3) is 3.68. The van der Waals surface area contributed by atoms with E-state index in [1.54, 1.807) is 0 Å². The van der Waals surface area contributed by atoms with E-state index in [-0.39, 0.29) is 11.9 Å². The molecular formula is C23H18BrN3O2. The molecule has 0 aliphatic heterocycles. The number of halogens is 1. The molecule has 6 heteroatoms. The Labute approximate surface area is 176 Å². The Bertz CT molecular complexity index is 1200. The van der Waals surface area contributed by atoms with Gasteiger partial charge in [-0.2, -0.15) is 0 Å². The lowest BCUT2D eigenvalue weighted by Crippen LogP contribution is -2.32. The van der Waals surface area contributed by atoms with Crippen molar-refractivity contribution >= 4 is 32.6 Å². The van der Waals surface area contributed by atoms with Gasteiger partial charge in [0.2, 0.25) is 11.8 Å². The fourth-order valence-corrected chi connectivity index (χ4v) is 3.90. The Kier molecular flexibility index (Phi) is 4.64. The highest BCUT2D eigenvalue weighted by Crippen LogP contribution is 2.31. The molecule has 1 heterocycles. The van der Waals surface area contributed by atoms with Crippen LogP contribution < -0.4 is 0 Å². The summed E-state index contributed by atoms with van der Waals surface area (Å²) in [6.45, 7) is 0.313. The molecule has 1 aliphatic rings. The van der Waals surface area contributed by atoms with Crippen LogP contribution in [0, 0.1) is 0 Å². The second-order valence-electron chi connectivity index (χ2n) is 7.21. The minimum Gasteiger partial charge on any atom is -0.419 e. The van der Waals surface area contributed by atoms with Crippen molar-refractivity contribution in [2.45, 2.75) is 25.4 Å². The van der Waals surface area contributed by atoms with Gasteiger partial charge in [0.25, 0.3) is 5.91 Å². The van der Waals surface area contributed by atoms with E-state index in [0.717, 1.165) is 33.7 Å². The van der Waals surface area contributed by atoms with Crippen LogP contribution in [0.5, 0.6) is 0 Å². The molecular weight excluding hydrogens is 430 g/mol. The monoisotopic (exact) mass is 447 g/mol. The minimum absolute atomic E-state index is 0.00102. The Morgan fingerprint density at radius 1 is 1.00 bits per heavy atom. The summed E-state index contributed by atoms with van der Waals surface area (Å²) in [6.07, 6.45) is 2.01. The second-order valence-corrected chi connectivity index (χ2v) is 8.06. The molecule has 0 bridgehead atoms. The summed E-state index contributed by atoms with van der Waals surface area (Å²) in [5.41, 5.74) is 1.52. The molecule has 4 aromatic rings. The summed E-state index contributed by atoms with van der Waals surface area (Å²) >= 11 is 3.51. The quantitative estimate of drug-likeness (QED) is 0.407. The summed E-state index contributed by atoms with van der Waals surface area (Å²) < 4.78 is 6.76. The van der Waals surface area contributed by atoms with Gasteiger partial charge in [-0.1, -0.05) is 42.5 Å². The van der Waals surface area contributed by atoms with Gasteiger partial charge in [0.15, 0.2) is 0 Å². The van der Waals surface area contributed by atoms with Crippen molar-refractivity contribution in [1.82, 2.24) is 15.1 Å². The fourth-order valence-electron chi connectivity index (χ4n) is 3.45. The molecule has 0 unspecified atom stereocenters. The maximum Gasteiger partial charge on any atom is 0.254 e. The van der Waals surface area contributed by atoms with Crippen molar-refractivity contribution in [3.05, 3.63) is 82.7 Å². The standard InChI is InChI=1S/C23H18BrN3O2/c24-20-8-4-3-7-19(20)22-26-25-21(29-22)14-27(18-11-12-18)23(28)17-10-9-15-5-1-2-6-16(15)13-17/h1-10,13,18H,11-12,14H2. The molecule has 1 saturated carbocycles. The molecule has 3 aromatic carbocycles. The van der Waals surface area contributed by atoms with E-state index in [4.69, 9.17) is 4.42 Å². The first kappa shape index (κ1) is 18.1. The Morgan fingerprint density at radius 3 is 2.55 bits per heavy atom. The van der Waals surface area contributed by atoms with Crippen LogP contribution in [-0.4, -0.2) is 27.0 Å². The molecule has 144 valence electrons. The summed E-state index contributed by atoms with van der Waals surface area (Å²) in [6, 6.07) is 21.8. The average molecular weight is 448 g/mol. The van der Waals surface area contributed by atoms with Gasteiger partial charge in [-0.3, -0.25) is 4.79 Å². The van der Waals surface area contributed by atoms with Crippen LogP contribution in [0.4, 0.5) is 0 Å². The van der Waals surface area contributed by atoms with E-state index in [1.165, 1.54) is 0 Å². The highest BCUT2D eigenvalue weighted by Gasteiger charge is 2.34. The van der Waals surface area contributed by atoms with E-state index in [9.17, 15) is 4.79 Å². The first-order chi connectivity index (χ1) is 14.2. The van der Waals surface area contributed by atoms with Crippen LogP contribution in [0.15, 0.2) is 75.6 Å². The SMILES string of the molecule is O=C(c1ccc2ccccc2c1)N(Cc1nnc(-c2ccccc2Br)o1)C1CC1. The molecule has 5 rings (SSSR count). The molecule has 1 aromatic heterocycles. The summed E-state index contributed by atoms with van der Waals surface area (Å²) in [5, 5.41) is 10.5. The molecule has 29 heavy (non-hydrogen) atoms. The maximum atomic E-state index is 13.2. The number of hydrogen-bond donors (Lipinski definition) is 0. The van der Waals surface area contributed by atoms with E-state index in [1.807, 2.05) is 71.6 Å². The topological polar surface area (TPSA) is 59.2 Å². The van der Waals surface area contributed by atoms with Gasteiger partial charge >= 0.3 is 0 Å². The third-order valence-electron chi connectivity index (χ3n) is 5.12. The lowest BCUT2D eigenvalue weighted by Gasteiger charge is -2.20. The number of carbonyl (C=O) groups is 1. The summed E-state index contributed by atoms with van der Waals surface area (Å²) in [7, 11) is 0. The summed E-state index contributed by atoms with van der Waals surface area (Å²) in [4.78, 5) is 15.1. The van der Waals surface area contributed by atoms with Crippen LogP contribution in [-0.2, 0) is 6.54 Å². The first-order valence-electron chi connectivity index (χ1n) is 9.56. The van der Waals surface area contributed by atoms with Crippen molar-refractivity contribution in [2.75, 3.05) is 0 Å². The van der Waals surface area contributed by atoms with Gasteiger partial charge in [-0.15, -0.1) is 10.2 Å². The Balaban J connectivity index is 1.41. The van der Waals surface area contributed by atoms with Crippen LogP contribution in [0.1, 0.15) is 29.1 Å². The molecule has 0 atom stereocenters. The molecule has 1 amide bonds. The van der Waals surface area contributed by atoms with Crippen LogP contribution in [0.2, 0.25) is 0 Å². The summed E-state index contributed by atoms with van der Waals surface area (Å²) in [5.74, 6) is 0.886. The maximum absolute atomic E-state index is 13.2. The molecule has 5 nitrogen and oxygen atoms in total. The lowest BCUT2D eigenvalue weighted by atomic mass is 10.1. The third-order valence-corrected chi connectivity index (χ3v) is 5.81. The second kappa shape index (κ2) is 7.44. The van der Waals surface area contributed by atoms with Crippen molar-refractivity contribution in [1.29, 1.82) is 0 Å². The number of benzene rings is 3. The molecule has 0 radical (unpaired) electrons. The number of nitrogens with zero attached hydrogens (tertiary/aromatic N) is 3. The predicted molar refractivity (Wildman–Crippen MR) is 114 cm³/mol. The van der Waals surface area contributed by atoms with E-state index in [0.29, 0.717) is 23.9 Å². The van der Waals surface area contributed by atoms with Gasteiger partial charge in [0, 0.05) is 16.1 Å². The van der Waals surface area contributed by atoms with Crippen LogP contribution in [0.3, 0.4) is 0 Å². The fraction of sp³-hybridized carbons (Fsp3) is 0.174. The number of amides is 1. The number of rotatable bonds is 5. The molecule has 1 aliphatic carbocycles.